The minimum absolute atomic E-state index is 0.243. The quantitative estimate of drug-likeness (QED) is 0.774. The predicted molar refractivity (Wildman–Crippen MR) is 56.4 cm³/mol. The van der Waals surface area contributed by atoms with Crippen LogP contribution < -0.4 is 5.32 Å². The second-order valence-corrected chi connectivity index (χ2v) is 4.02. The van der Waals surface area contributed by atoms with Crippen molar-refractivity contribution in [2.75, 3.05) is 13.1 Å². The van der Waals surface area contributed by atoms with Crippen LogP contribution in [0.1, 0.15) is 17.9 Å². The first-order chi connectivity index (χ1) is 7.34. The zero-order chi connectivity index (χ0) is 10.3. The van der Waals surface area contributed by atoms with Gasteiger partial charge in [-0.1, -0.05) is 0 Å². The Bertz CT molecular complexity index is 485. The summed E-state index contributed by atoms with van der Waals surface area (Å²) in [6.45, 7) is 2.05. The molecule has 0 unspecified atom stereocenters. The number of fused-ring (bicyclic) bond motifs is 1. The lowest BCUT2D eigenvalue weighted by Crippen LogP contribution is -2.07. The fourth-order valence-electron chi connectivity index (χ4n) is 2.26. The van der Waals surface area contributed by atoms with Crippen molar-refractivity contribution >= 4 is 11.0 Å². The summed E-state index contributed by atoms with van der Waals surface area (Å²) in [5, 5.41) is 4.37. The van der Waals surface area contributed by atoms with Crippen LogP contribution in [0.2, 0.25) is 0 Å². The third-order valence-corrected chi connectivity index (χ3v) is 3.07. The molecule has 0 amide bonds. The van der Waals surface area contributed by atoms with Crippen LogP contribution in [0.25, 0.3) is 11.0 Å². The summed E-state index contributed by atoms with van der Waals surface area (Å²) in [5.41, 5.74) is 1.85. The highest BCUT2D eigenvalue weighted by molar-refractivity contribution is 5.81. The smallest absolute Gasteiger partial charge is 0.137 e. The van der Waals surface area contributed by atoms with Crippen molar-refractivity contribution in [3.8, 4) is 0 Å². The highest BCUT2D eigenvalue weighted by Gasteiger charge is 2.20. The Morgan fingerprint density at radius 3 is 3.13 bits per heavy atom. The van der Waals surface area contributed by atoms with Crippen LogP contribution in [-0.4, -0.2) is 13.1 Å². The summed E-state index contributed by atoms with van der Waals surface area (Å²) in [6, 6.07) is 4.74. The molecule has 1 N–H and O–H groups in total. The Morgan fingerprint density at radius 1 is 1.40 bits per heavy atom. The van der Waals surface area contributed by atoms with Gasteiger partial charge in [0.2, 0.25) is 0 Å². The van der Waals surface area contributed by atoms with Gasteiger partial charge in [-0.15, -0.1) is 0 Å². The first-order valence-electron chi connectivity index (χ1n) is 5.22. The molecule has 0 bridgehead atoms. The van der Waals surface area contributed by atoms with E-state index in [1.807, 2.05) is 6.07 Å². The van der Waals surface area contributed by atoms with Crippen molar-refractivity contribution in [1.29, 1.82) is 0 Å². The third kappa shape index (κ3) is 1.43. The van der Waals surface area contributed by atoms with Crippen molar-refractivity contribution in [3.05, 3.63) is 35.8 Å². The molecule has 1 fully saturated rings. The van der Waals surface area contributed by atoms with Crippen molar-refractivity contribution in [1.82, 2.24) is 5.32 Å². The molecule has 0 saturated carbocycles. The second kappa shape index (κ2) is 3.35. The first kappa shape index (κ1) is 8.92. The largest absolute Gasteiger partial charge is 0.464 e. The van der Waals surface area contributed by atoms with Crippen LogP contribution in [-0.2, 0) is 0 Å². The molecular weight excluding hydrogens is 193 g/mol. The number of hydrogen-bond acceptors (Lipinski definition) is 2. The van der Waals surface area contributed by atoms with Crippen LogP contribution in [0.4, 0.5) is 4.39 Å². The standard InChI is InChI=1S/C12H12FNO/c13-9-1-2-10-11(7-15-12(10)5-9)8-3-4-14-6-8/h1-2,5,7-8,14H,3-4,6H2/t8-/m1/s1. The van der Waals surface area contributed by atoms with Gasteiger partial charge in [-0.05, 0) is 25.1 Å². The highest BCUT2D eigenvalue weighted by atomic mass is 19.1. The molecule has 2 nitrogen and oxygen atoms in total. The summed E-state index contributed by atoms with van der Waals surface area (Å²) in [4.78, 5) is 0. The molecule has 1 aliphatic heterocycles. The molecule has 3 heteroatoms. The summed E-state index contributed by atoms with van der Waals surface area (Å²) < 4.78 is 18.3. The number of furan rings is 1. The van der Waals surface area contributed by atoms with E-state index < -0.39 is 0 Å². The predicted octanol–water partition coefficient (Wildman–Crippen LogP) is 2.65. The van der Waals surface area contributed by atoms with E-state index in [1.165, 1.54) is 17.7 Å². The SMILES string of the molecule is Fc1ccc2c([C@@H]3CCNC3)coc2c1. The van der Waals surface area contributed by atoms with Gasteiger partial charge in [0.1, 0.15) is 11.4 Å². The van der Waals surface area contributed by atoms with Gasteiger partial charge in [-0.3, -0.25) is 0 Å². The second-order valence-electron chi connectivity index (χ2n) is 4.02. The molecule has 15 heavy (non-hydrogen) atoms. The van der Waals surface area contributed by atoms with Crippen LogP contribution in [0.15, 0.2) is 28.9 Å². The lowest BCUT2D eigenvalue weighted by Gasteiger charge is -2.04. The van der Waals surface area contributed by atoms with Crippen molar-refractivity contribution in [3.63, 3.8) is 0 Å². The van der Waals surface area contributed by atoms with E-state index in [9.17, 15) is 4.39 Å². The minimum Gasteiger partial charge on any atom is -0.464 e. The molecule has 1 atom stereocenters. The van der Waals surface area contributed by atoms with E-state index in [4.69, 9.17) is 4.42 Å². The Kier molecular flexibility index (Phi) is 1.99. The number of nitrogens with one attached hydrogen (secondary N) is 1. The van der Waals surface area contributed by atoms with E-state index in [-0.39, 0.29) is 5.82 Å². The van der Waals surface area contributed by atoms with Crippen LogP contribution in [0, 0.1) is 5.82 Å². The van der Waals surface area contributed by atoms with E-state index >= 15 is 0 Å². The summed E-state index contributed by atoms with van der Waals surface area (Å²) in [7, 11) is 0. The third-order valence-electron chi connectivity index (χ3n) is 3.07. The molecule has 3 rings (SSSR count). The maximum atomic E-state index is 13.0. The van der Waals surface area contributed by atoms with Crippen molar-refractivity contribution in [2.45, 2.75) is 12.3 Å². The van der Waals surface area contributed by atoms with Gasteiger partial charge in [-0.2, -0.15) is 0 Å². The van der Waals surface area contributed by atoms with Gasteiger partial charge in [0.15, 0.2) is 0 Å². The maximum absolute atomic E-state index is 13.0. The molecule has 1 saturated heterocycles. The van der Waals surface area contributed by atoms with E-state index in [1.54, 1.807) is 6.26 Å². The molecule has 0 radical (unpaired) electrons. The first-order valence-corrected chi connectivity index (χ1v) is 5.22. The topological polar surface area (TPSA) is 25.2 Å². The van der Waals surface area contributed by atoms with Crippen LogP contribution in [0.3, 0.4) is 0 Å². The molecule has 78 valence electrons. The van der Waals surface area contributed by atoms with Gasteiger partial charge in [0.25, 0.3) is 0 Å². The molecule has 0 spiro atoms. The van der Waals surface area contributed by atoms with Gasteiger partial charge >= 0.3 is 0 Å². The van der Waals surface area contributed by atoms with E-state index in [0.29, 0.717) is 11.5 Å². The van der Waals surface area contributed by atoms with Crippen molar-refractivity contribution in [2.24, 2.45) is 0 Å². The molecule has 1 aliphatic rings. The van der Waals surface area contributed by atoms with Gasteiger partial charge in [0, 0.05) is 29.5 Å². The highest BCUT2D eigenvalue weighted by Crippen LogP contribution is 2.31. The molecule has 2 heterocycles. The van der Waals surface area contributed by atoms with Crippen LogP contribution >= 0.6 is 0 Å². The molecule has 1 aromatic carbocycles. The Labute approximate surface area is 87.1 Å². The van der Waals surface area contributed by atoms with Crippen LogP contribution in [0.5, 0.6) is 0 Å². The van der Waals surface area contributed by atoms with Gasteiger partial charge < -0.3 is 9.73 Å². The van der Waals surface area contributed by atoms with Crippen molar-refractivity contribution < 1.29 is 8.81 Å². The summed E-state index contributed by atoms with van der Waals surface area (Å²) in [5.74, 6) is 0.268. The summed E-state index contributed by atoms with van der Waals surface area (Å²) in [6.07, 6.45) is 2.90. The Balaban J connectivity index is 2.11. The zero-order valence-electron chi connectivity index (χ0n) is 8.29. The number of hydrogen-bond donors (Lipinski definition) is 1. The average molecular weight is 205 g/mol. The lowest BCUT2D eigenvalue weighted by molar-refractivity contribution is 0.591. The maximum Gasteiger partial charge on any atom is 0.137 e. The molecule has 0 aliphatic carbocycles. The fourth-order valence-corrected chi connectivity index (χ4v) is 2.26. The fraction of sp³-hybridized carbons (Fsp3) is 0.333. The van der Waals surface area contributed by atoms with Gasteiger partial charge in [-0.25, -0.2) is 4.39 Å². The van der Waals surface area contributed by atoms with E-state index in [0.717, 1.165) is 24.9 Å². The molecule has 2 aromatic rings. The zero-order valence-corrected chi connectivity index (χ0v) is 8.29. The molecule has 1 aromatic heterocycles. The normalized spacial score (nSPS) is 21.3. The number of benzene rings is 1. The number of rotatable bonds is 1. The Morgan fingerprint density at radius 2 is 2.33 bits per heavy atom. The summed E-state index contributed by atoms with van der Waals surface area (Å²) >= 11 is 0. The van der Waals surface area contributed by atoms with Gasteiger partial charge in [0.05, 0.1) is 6.26 Å². The lowest BCUT2D eigenvalue weighted by atomic mass is 9.98. The Hall–Kier alpha value is -1.35. The number of halogens is 1. The average Bonchev–Trinajstić information content (AvgIpc) is 2.82. The van der Waals surface area contributed by atoms with E-state index in [2.05, 4.69) is 5.32 Å². The molecular formula is C12H12FNO. The minimum atomic E-state index is -0.243. The monoisotopic (exact) mass is 205 g/mol.